The lowest BCUT2D eigenvalue weighted by molar-refractivity contribution is -0.120. The largest absolute Gasteiger partial charge is 0.449 e. The number of carbonyl (C=O) groups is 2. The highest BCUT2D eigenvalue weighted by Crippen LogP contribution is 2.21. The van der Waals surface area contributed by atoms with Crippen LogP contribution in [-0.4, -0.2) is 47.3 Å². The number of nitrogens with one attached hydrogen (secondary N) is 1. The highest BCUT2D eigenvalue weighted by atomic mass is 16.6. The molecule has 0 aromatic heterocycles. The van der Waals surface area contributed by atoms with Gasteiger partial charge in [0.1, 0.15) is 6.04 Å². The van der Waals surface area contributed by atoms with Gasteiger partial charge in [-0.2, -0.15) is 0 Å². The van der Waals surface area contributed by atoms with Crippen molar-refractivity contribution in [1.29, 1.82) is 0 Å². The Kier molecular flexibility index (Phi) is 5.60. The molecule has 0 bridgehead atoms. The SMILES string of the molecule is Cc1cccc(NC(=O)[C@H]2C[C@@H](O)CN2C(=O)OCC(C)C)c1. The van der Waals surface area contributed by atoms with E-state index in [9.17, 15) is 14.7 Å². The number of β-amino-alcohol motifs (C(OH)–C–C–N with tert-alkyl or cyclic N) is 1. The Morgan fingerprint density at radius 2 is 2.17 bits per heavy atom. The zero-order valence-corrected chi connectivity index (χ0v) is 13.8. The van der Waals surface area contributed by atoms with Crippen LogP contribution in [0.1, 0.15) is 25.8 Å². The summed E-state index contributed by atoms with van der Waals surface area (Å²) in [6, 6.07) is 6.71. The molecular weight excluding hydrogens is 296 g/mol. The Morgan fingerprint density at radius 3 is 2.83 bits per heavy atom. The molecule has 0 aliphatic carbocycles. The van der Waals surface area contributed by atoms with E-state index < -0.39 is 18.2 Å². The number of carbonyl (C=O) groups excluding carboxylic acids is 2. The smallest absolute Gasteiger partial charge is 0.410 e. The predicted molar refractivity (Wildman–Crippen MR) is 87.1 cm³/mol. The van der Waals surface area contributed by atoms with E-state index in [0.29, 0.717) is 5.69 Å². The van der Waals surface area contributed by atoms with Crippen molar-refractivity contribution in [3.05, 3.63) is 29.8 Å². The summed E-state index contributed by atoms with van der Waals surface area (Å²) in [5.74, 6) is -0.0975. The molecule has 2 rings (SSSR count). The molecular formula is C17H24N2O4. The third-order valence-electron chi connectivity index (χ3n) is 3.64. The lowest BCUT2D eigenvalue weighted by Crippen LogP contribution is -2.43. The summed E-state index contributed by atoms with van der Waals surface area (Å²) in [6.07, 6.45) is -1.05. The van der Waals surface area contributed by atoms with Crippen LogP contribution in [0.15, 0.2) is 24.3 Å². The van der Waals surface area contributed by atoms with Crippen molar-refractivity contribution in [2.75, 3.05) is 18.5 Å². The van der Waals surface area contributed by atoms with Crippen LogP contribution in [0.4, 0.5) is 10.5 Å². The molecule has 0 saturated carbocycles. The fourth-order valence-electron chi connectivity index (χ4n) is 2.53. The molecule has 2 atom stereocenters. The molecule has 0 radical (unpaired) electrons. The van der Waals surface area contributed by atoms with Gasteiger partial charge in [-0.3, -0.25) is 9.69 Å². The van der Waals surface area contributed by atoms with Crippen molar-refractivity contribution in [3.8, 4) is 0 Å². The van der Waals surface area contributed by atoms with Crippen molar-refractivity contribution in [2.45, 2.75) is 39.3 Å². The molecule has 1 heterocycles. The molecule has 6 heteroatoms. The van der Waals surface area contributed by atoms with Crippen molar-refractivity contribution < 1.29 is 19.4 Å². The summed E-state index contributed by atoms with van der Waals surface area (Å²) in [5, 5.41) is 12.6. The maximum atomic E-state index is 12.5. The number of rotatable bonds is 4. The number of anilines is 1. The molecule has 2 amide bonds. The third kappa shape index (κ3) is 4.69. The fraction of sp³-hybridized carbons (Fsp3) is 0.529. The number of aryl methyl sites for hydroxylation is 1. The summed E-state index contributed by atoms with van der Waals surface area (Å²) in [7, 11) is 0. The van der Waals surface area contributed by atoms with Crippen molar-refractivity contribution >= 4 is 17.7 Å². The molecule has 23 heavy (non-hydrogen) atoms. The van der Waals surface area contributed by atoms with Crippen LogP contribution in [0.2, 0.25) is 0 Å². The Hall–Kier alpha value is -2.08. The molecule has 1 saturated heterocycles. The normalized spacial score (nSPS) is 20.7. The Morgan fingerprint density at radius 1 is 1.43 bits per heavy atom. The maximum Gasteiger partial charge on any atom is 0.410 e. The van der Waals surface area contributed by atoms with Crippen molar-refractivity contribution in [2.24, 2.45) is 5.92 Å². The van der Waals surface area contributed by atoms with Gasteiger partial charge in [0.05, 0.1) is 19.3 Å². The average molecular weight is 320 g/mol. The van der Waals surface area contributed by atoms with Gasteiger partial charge in [-0.1, -0.05) is 26.0 Å². The molecule has 1 aromatic rings. The molecule has 1 aliphatic heterocycles. The average Bonchev–Trinajstić information content (AvgIpc) is 2.87. The molecule has 0 unspecified atom stereocenters. The summed E-state index contributed by atoms with van der Waals surface area (Å²) in [5.41, 5.74) is 1.70. The zero-order chi connectivity index (χ0) is 17.0. The second-order valence-corrected chi connectivity index (χ2v) is 6.39. The number of benzene rings is 1. The van der Waals surface area contributed by atoms with E-state index in [0.717, 1.165) is 5.56 Å². The van der Waals surface area contributed by atoms with Crippen LogP contribution in [0, 0.1) is 12.8 Å². The van der Waals surface area contributed by atoms with E-state index in [4.69, 9.17) is 4.74 Å². The van der Waals surface area contributed by atoms with Gasteiger partial charge in [0.2, 0.25) is 5.91 Å². The number of aliphatic hydroxyl groups excluding tert-OH is 1. The summed E-state index contributed by atoms with van der Waals surface area (Å²) < 4.78 is 5.18. The predicted octanol–water partition coefficient (Wildman–Crippen LogP) is 2.16. The van der Waals surface area contributed by atoms with E-state index in [1.54, 1.807) is 6.07 Å². The highest BCUT2D eigenvalue weighted by molar-refractivity contribution is 5.97. The fourth-order valence-corrected chi connectivity index (χ4v) is 2.53. The zero-order valence-electron chi connectivity index (χ0n) is 13.8. The number of nitrogens with zero attached hydrogens (tertiary/aromatic N) is 1. The van der Waals surface area contributed by atoms with Gasteiger partial charge in [0.15, 0.2) is 0 Å². The molecule has 126 valence electrons. The van der Waals surface area contributed by atoms with E-state index in [2.05, 4.69) is 5.32 Å². The number of amides is 2. The van der Waals surface area contributed by atoms with Gasteiger partial charge in [-0.15, -0.1) is 0 Å². The standard InChI is InChI=1S/C17H24N2O4/c1-11(2)10-23-17(22)19-9-14(20)8-15(19)16(21)18-13-6-4-5-12(3)7-13/h4-7,11,14-15,20H,8-10H2,1-3H3,(H,18,21)/t14-,15-/m1/s1. The summed E-state index contributed by atoms with van der Waals surface area (Å²) in [4.78, 5) is 25.9. The van der Waals surface area contributed by atoms with Crippen LogP contribution in [0.25, 0.3) is 0 Å². The number of hydrogen-bond donors (Lipinski definition) is 2. The van der Waals surface area contributed by atoms with Gasteiger partial charge < -0.3 is 15.2 Å². The maximum absolute atomic E-state index is 12.5. The van der Waals surface area contributed by atoms with Crippen LogP contribution in [0.3, 0.4) is 0 Å². The van der Waals surface area contributed by atoms with E-state index in [1.165, 1.54) is 4.90 Å². The molecule has 1 aliphatic rings. The first-order valence-electron chi connectivity index (χ1n) is 7.86. The first kappa shape index (κ1) is 17.3. The highest BCUT2D eigenvalue weighted by Gasteiger charge is 2.39. The minimum Gasteiger partial charge on any atom is -0.449 e. The van der Waals surface area contributed by atoms with Crippen LogP contribution < -0.4 is 5.32 Å². The lowest BCUT2D eigenvalue weighted by atomic mass is 10.1. The summed E-state index contributed by atoms with van der Waals surface area (Å²) in [6.45, 7) is 6.22. The summed E-state index contributed by atoms with van der Waals surface area (Å²) >= 11 is 0. The van der Waals surface area contributed by atoms with Crippen LogP contribution in [0.5, 0.6) is 0 Å². The van der Waals surface area contributed by atoms with Gasteiger partial charge >= 0.3 is 6.09 Å². The topological polar surface area (TPSA) is 78.9 Å². The molecule has 2 N–H and O–H groups in total. The Balaban J connectivity index is 2.03. The minimum absolute atomic E-state index is 0.114. The van der Waals surface area contributed by atoms with Gasteiger partial charge in [0, 0.05) is 12.1 Å². The van der Waals surface area contributed by atoms with Crippen molar-refractivity contribution in [3.63, 3.8) is 0 Å². The van der Waals surface area contributed by atoms with Crippen LogP contribution >= 0.6 is 0 Å². The van der Waals surface area contributed by atoms with Gasteiger partial charge in [-0.05, 0) is 30.5 Å². The minimum atomic E-state index is -0.717. The first-order chi connectivity index (χ1) is 10.9. The second kappa shape index (κ2) is 7.46. The quantitative estimate of drug-likeness (QED) is 0.891. The van der Waals surface area contributed by atoms with E-state index >= 15 is 0 Å². The first-order valence-corrected chi connectivity index (χ1v) is 7.86. The van der Waals surface area contributed by atoms with Crippen molar-refractivity contribution in [1.82, 2.24) is 4.90 Å². The van der Waals surface area contributed by atoms with Gasteiger partial charge in [-0.25, -0.2) is 4.79 Å². The molecule has 1 fully saturated rings. The van der Waals surface area contributed by atoms with Crippen LogP contribution in [-0.2, 0) is 9.53 Å². The Labute approximate surface area is 136 Å². The number of likely N-dealkylation sites (tertiary alicyclic amines) is 1. The monoisotopic (exact) mass is 320 g/mol. The molecule has 0 spiro atoms. The number of ether oxygens (including phenoxy) is 1. The lowest BCUT2D eigenvalue weighted by Gasteiger charge is -2.23. The second-order valence-electron chi connectivity index (χ2n) is 6.39. The van der Waals surface area contributed by atoms with Gasteiger partial charge in [0.25, 0.3) is 0 Å². The Bertz CT molecular complexity index is 573. The number of hydrogen-bond acceptors (Lipinski definition) is 4. The third-order valence-corrected chi connectivity index (χ3v) is 3.64. The van der Waals surface area contributed by atoms with E-state index in [-0.39, 0.29) is 31.4 Å². The van der Waals surface area contributed by atoms with E-state index in [1.807, 2.05) is 39.0 Å². The molecule has 6 nitrogen and oxygen atoms in total. The molecule has 1 aromatic carbocycles. The number of aliphatic hydroxyl groups is 1.